The third-order valence-electron chi connectivity index (χ3n) is 2.64. The second-order valence-electron chi connectivity index (χ2n) is 4.01. The van der Waals surface area contributed by atoms with Crippen LogP contribution in [-0.2, 0) is 0 Å². The number of carbonyl (C=O) groups is 1. The number of ketones is 1. The molecule has 0 bridgehead atoms. The lowest BCUT2D eigenvalue weighted by molar-refractivity contribution is 0.0991. The minimum absolute atomic E-state index is 0.129. The molecule has 2 aromatic rings. The number of hydrogen-bond acceptors (Lipinski definition) is 3. The fourth-order valence-electron chi connectivity index (χ4n) is 1.73. The average Bonchev–Trinajstić information content (AvgIpc) is 2.38. The summed E-state index contributed by atoms with van der Waals surface area (Å²) in [4.78, 5) is 16.1. The number of aromatic nitrogens is 1. The first-order chi connectivity index (χ1) is 8.31. The van der Waals surface area contributed by atoms with Crippen molar-refractivity contribution in [2.45, 2.75) is 13.3 Å². The van der Waals surface area contributed by atoms with Crippen LogP contribution in [0.4, 0.5) is 0 Å². The lowest BCUT2D eigenvalue weighted by atomic mass is 10.1. The van der Waals surface area contributed by atoms with Gasteiger partial charge in [0, 0.05) is 17.1 Å². The summed E-state index contributed by atoms with van der Waals surface area (Å²) in [5.74, 6) is 0.129. The highest BCUT2D eigenvalue weighted by atomic mass is 16.1. The molecule has 0 atom stereocenters. The van der Waals surface area contributed by atoms with Crippen LogP contribution in [0.25, 0.3) is 10.9 Å². The minimum Gasteiger partial charge on any atom is -0.310 e. The number of benzene rings is 1. The maximum atomic E-state index is 11.9. The van der Waals surface area contributed by atoms with E-state index in [1.165, 1.54) is 0 Å². The van der Waals surface area contributed by atoms with Gasteiger partial charge in [0.25, 0.3) is 0 Å². The van der Waals surface area contributed by atoms with E-state index < -0.39 is 0 Å². The Morgan fingerprint density at radius 3 is 3.06 bits per heavy atom. The molecule has 0 saturated carbocycles. The van der Waals surface area contributed by atoms with E-state index in [1.807, 2.05) is 30.3 Å². The van der Waals surface area contributed by atoms with Gasteiger partial charge in [0.1, 0.15) is 0 Å². The molecule has 0 aliphatic carbocycles. The van der Waals surface area contributed by atoms with Gasteiger partial charge in [-0.25, -0.2) is 0 Å². The summed E-state index contributed by atoms with van der Waals surface area (Å²) in [6.45, 7) is 3.36. The van der Waals surface area contributed by atoms with Gasteiger partial charge in [-0.3, -0.25) is 9.78 Å². The highest BCUT2D eigenvalue weighted by Crippen LogP contribution is 2.13. The van der Waals surface area contributed by atoms with Crippen molar-refractivity contribution in [3.63, 3.8) is 0 Å². The number of nitrogens with one attached hydrogen (secondary N) is 1. The lowest BCUT2D eigenvalue weighted by Crippen LogP contribution is -2.23. The molecule has 0 saturated heterocycles. The van der Waals surface area contributed by atoms with Crippen molar-refractivity contribution >= 4 is 16.7 Å². The summed E-state index contributed by atoms with van der Waals surface area (Å²) in [7, 11) is 0. The van der Waals surface area contributed by atoms with Gasteiger partial charge in [-0.15, -0.1) is 0 Å². The van der Waals surface area contributed by atoms with Crippen LogP contribution in [-0.4, -0.2) is 23.9 Å². The number of nitrogens with zero attached hydrogens (tertiary/aromatic N) is 1. The van der Waals surface area contributed by atoms with Crippen molar-refractivity contribution in [3.8, 4) is 0 Å². The van der Waals surface area contributed by atoms with Crippen LogP contribution in [0.2, 0.25) is 0 Å². The van der Waals surface area contributed by atoms with Gasteiger partial charge >= 0.3 is 0 Å². The molecular formula is C14H16N2O. The van der Waals surface area contributed by atoms with Gasteiger partial charge in [0.05, 0.1) is 12.1 Å². The van der Waals surface area contributed by atoms with E-state index in [-0.39, 0.29) is 5.78 Å². The molecule has 3 nitrogen and oxygen atoms in total. The van der Waals surface area contributed by atoms with Crippen LogP contribution in [0.5, 0.6) is 0 Å². The molecule has 0 aliphatic rings. The van der Waals surface area contributed by atoms with E-state index in [9.17, 15) is 4.79 Å². The first-order valence-corrected chi connectivity index (χ1v) is 5.90. The summed E-state index contributed by atoms with van der Waals surface area (Å²) < 4.78 is 0. The molecule has 0 amide bonds. The summed E-state index contributed by atoms with van der Waals surface area (Å²) >= 11 is 0. The lowest BCUT2D eigenvalue weighted by Gasteiger charge is -2.04. The van der Waals surface area contributed by atoms with Crippen LogP contribution in [0, 0.1) is 0 Å². The fourth-order valence-corrected chi connectivity index (χ4v) is 1.73. The summed E-state index contributed by atoms with van der Waals surface area (Å²) in [5.41, 5.74) is 1.67. The Kier molecular flexibility index (Phi) is 3.83. The molecule has 1 heterocycles. The molecule has 1 N–H and O–H groups in total. The second kappa shape index (κ2) is 5.55. The smallest absolute Gasteiger partial charge is 0.176 e. The van der Waals surface area contributed by atoms with Gasteiger partial charge in [0.2, 0.25) is 0 Å². The van der Waals surface area contributed by atoms with Gasteiger partial charge in [-0.05, 0) is 37.2 Å². The zero-order chi connectivity index (χ0) is 12.1. The third kappa shape index (κ3) is 2.88. The largest absolute Gasteiger partial charge is 0.310 e. The molecule has 0 aliphatic heterocycles. The van der Waals surface area contributed by atoms with Crippen molar-refractivity contribution in [1.29, 1.82) is 0 Å². The monoisotopic (exact) mass is 228 g/mol. The van der Waals surface area contributed by atoms with E-state index in [2.05, 4.69) is 17.2 Å². The van der Waals surface area contributed by atoms with Crippen molar-refractivity contribution < 1.29 is 4.79 Å². The zero-order valence-electron chi connectivity index (χ0n) is 9.94. The highest BCUT2D eigenvalue weighted by Gasteiger charge is 2.05. The number of rotatable bonds is 5. The Bertz CT molecular complexity index is 522. The third-order valence-corrected chi connectivity index (χ3v) is 2.64. The normalized spacial score (nSPS) is 10.6. The fraction of sp³-hybridized carbons (Fsp3) is 0.286. The van der Waals surface area contributed by atoms with Crippen molar-refractivity contribution in [2.24, 2.45) is 0 Å². The maximum absolute atomic E-state index is 11.9. The second-order valence-corrected chi connectivity index (χ2v) is 4.01. The van der Waals surface area contributed by atoms with Gasteiger partial charge in [-0.1, -0.05) is 13.0 Å². The quantitative estimate of drug-likeness (QED) is 0.631. The SMILES string of the molecule is CCCNCC(=O)c1ccc2ncccc2c1. The van der Waals surface area contributed by atoms with Gasteiger partial charge in [-0.2, -0.15) is 0 Å². The molecule has 88 valence electrons. The Labute approximate surface area is 101 Å². The van der Waals surface area contributed by atoms with Crippen molar-refractivity contribution in [3.05, 3.63) is 42.1 Å². The molecular weight excluding hydrogens is 212 g/mol. The first kappa shape index (κ1) is 11.7. The number of carbonyl (C=O) groups excluding carboxylic acids is 1. The Hall–Kier alpha value is -1.74. The summed E-state index contributed by atoms with van der Waals surface area (Å²) in [6, 6.07) is 9.48. The minimum atomic E-state index is 0.129. The number of Topliss-reactive ketones (excluding diaryl/α,β-unsaturated/α-hetero) is 1. The molecule has 0 spiro atoms. The highest BCUT2D eigenvalue weighted by molar-refractivity contribution is 6.00. The molecule has 0 unspecified atom stereocenters. The van der Waals surface area contributed by atoms with E-state index in [4.69, 9.17) is 0 Å². The Balaban J connectivity index is 2.15. The number of pyridine rings is 1. The molecule has 2 rings (SSSR count). The van der Waals surface area contributed by atoms with Crippen LogP contribution >= 0.6 is 0 Å². The topological polar surface area (TPSA) is 42.0 Å². The number of fused-ring (bicyclic) bond motifs is 1. The summed E-state index contributed by atoms with van der Waals surface area (Å²) in [5, 5.41) is 4.12. The summed E-state index contributed by atoms with van der Waals surface area (Å²) in [6.07, 6.45) is 2.79. The Morgan fingerprint density at radius 2 is 2.24 bits per heavy atom. The molecule has 17 heavy (non-hydrogen) atoms. The van der Waals surface area contributed by atoms with Crippen LogP contribution in [0.15, 0.2) is 36.5 Å². The molecule has 1 aromatic heterocycles. The Morgan fingerprint density at radius 1 is 1.35 bits per heavy atom. The molecule has 1 aromatic carbocycles. The van der Waals surface area contributed by atoms with Crippen molar-refractivity contribution in [1.82, 2.24) is 10.3 Å². The first-order valence-electron chi connectivity index (χ1n) is 5.90. The van der Waals surface area contributed by atoms with Crippen LogP contribution in [0.1, 0.15) is 23.7 Å². The predicted octanol–water partition coefficient (Wildman–Crippen LogP) is 2.42. The number of hydrogen-bond donors (Lipinski definition) is 1. The molecule has 3 heteroatoms. The van der Waals surface area contributed by atoms with Crippen LogP contribution in [0.3, 0.4) is 0 Å². The van der Waals surface area contributed by atoms with E-state index in [0.717, 1.165) is 29.4 Å². The van der Waals surface area contributed by atoms with E-state index in [1.54, 1.807) is 6.20 Å². The standard InChI is InChI=1S/C14H16N2O/c1-2-7-15-10-14(17)12-5-6-13-11(9-12)4-3-8-16-13/h3-6,8-9,15H,2,7,10H2,1H3. The van der Waals surface area contributed by atoms with Gasteiger partial charge < -0.3 is 5.32 Å². The molecule has 0 radical (unpaired) electrons. The van der Waals surface area contributed by atoms with Crippen LogP contribution < -0.4 is 5.32 Å². The maximum Gasteiger partial charge on any atom is 0.176 e. The zero-order valence-corrected chi connectivity index (χ0v) is 9.94. The molecule has 0 fully saturated rings. The van der Waals surface area contributed by atoms with Gasteiger partial charge in [0.15, 0.2) is 5.78 Å². The predicted molar refractivity (Wildman–Crippen MR) is 69.2 cm³/mol. The average molecular weight is 228 g/mol. The van der Waals surface area contributed by atoms with E-state index >= 15 is 0 Å². The van der Waals surface area contributed by atoms with E-state index in [0.29, 0.717) is 6.54 Å². The van der Waals surface area contributed by atoms with Crippen molar-refractivity contribution in [2.75, 3.05) is 13.1 Å².